The summed E-state index contributed by atoms with van der Waals surface area (Å²) in [5.74, 6) is 0. The molecule has 1 aromatic rings. The number of allylic oxidation sites excluding steroid dienone is 2. The van der Waals surface area contributed by atoms with Gasteiger partial charge in [0.1, 0.15) is 0 Å². The van der Waals surface area contributed by atoms with Gasteiger partial charge in [-0.2, -0.15) is 0 Å². The first-order valence-electron chi connectivity index (χ1n) is 5.56. The van der Waals surface area contributed by atoms with Crippen LogP contribution in [0.2, 0.25) is 0 Å². The summed E-state index contributed by atoms with van der Waals surface area (Å²) in [6.07, 6.45) is 8.64. The monoisotopic (exact) mass is 214 g/mol. The van der Waals surface area contributed by atoms with Crippen LogP contribution >= 0.6 is 0 Å². The lowest BCUT2D eigenvalue weighted by Gasteiger charge is -2.32. The zero-order valence-corrected chi connectivity index (χ0v) is 9.56. The van der Waals surface area contributed by atoms with Gasteiger partial charge in [-0.3, -0.25) is 0 Å². The molecule has 0 aliphatic heterocycles. The van der Waals surface area contributed by atoms with Crippen molar-refractivity contribution < 1.29 is 0 Å². The van der Waals surface area contributed by atoms with E-state index in [4.69, 9.17) is 11.5 Å². The molecule has 0 saturated heterocycles. The quantitative estimate of drug-likeness (QED) is 0.787. The van der Waals surface area contributed by atoms with Crippen LogP contribution in [-0.4, -0.2) is 11.6 Å². The van der Waals surface area contributed by atoms with E-state index in [0.29, 0.717) is 0 Å². The van der Waals surface area contributed by atoms with E-state index < -0.39 is 5.54 Å². The molecular formula is C14H18N2. The van der Waals surface area contributed by atoms with Crippen molar-refractivity contribution in [2.24, 2.45) is 11.5 Å². The summed E-state index contributed by atoms with van der Waals surface area (Å²) in [5.41, 5.74) is 14.4. The normalized spacial score (nSPS) is 28.3. The van der Waals surface area contributed by atoms with Crippen LogP contribution in [0.1, 0.15) is 11.1 Å². The average Bonchev–Trinajstić information content (AvgIpc) is 2.26. The second-order valence-corrected chi connectivity index (χ2v) is 4.54. The van der Waals surface area contributed by atoms with Crippen LogP contribution in [0.4, 0.5) is 0 Å². The Morgan fingerprint density at radius 1 is 1.19 bits per heavy atom. The number of rotatable bonds is 2. The van der Waals surface area contributed by atoms with Crippen molar-refractivity contribution in [3.05, 3.63) is 59.7 Å². The second-order valence-electron chi connectivity index (χ2n) is 4.54. The first-order chi connectivity index (χ1) is 7.60. The molecular weight excluding hydrogens is 196 g/mol. The highest BCUT2D eigenvalue weighted by molar-refractivity contribution is 5.31. The number of hydrogen-bond acceptors (Lipinski definition) is 2. The SMILES string of the molecule is Cc1ccc(CC2(N)C=CC=CC2N)cc1. The third-order valence-corrected chi connectivity index (χ3v) is 3.09. The Hall–Kier alpha value is -1.38. The van der Waals surface area contributed by atoms with Gasteiger partial charge >= 0.3 is 0 Å². The van der Waals surface area contributed by atoms with Gasteiger partial charge in [0.25, 0.3) is 0 Å². The minimum atomic E-state index is -0.454. The van der Waals surface area contributed by atoms with Crippen LogP contribution in [0, 0.1) is 6.92 Å². The van der Waals surface area contributed by atoms with Crippen LogP contribution in [0.5, 0.6) is 0 Å². The van der Waals surface area contributed by atoms with Crippen LogP contribution in [0.25, 0.3) is 0 Å². The Balaban J connectivity index is 2.17. The zero-order chi connectivity index (χ0) is 11.6. The van der Waals surface area contributed by atoms with Gasteiger partial charge in [-0.15, -0.1) is 0 Å². The van der Waals surface area contributed by atoms with Crippen LogP contribution < -0.4 is 11.5 Å². The zero-order valence-electron chi connectivity index (χ0n) is 9.56. The van der Waals surface area contributed by atoms with Crippen LogP contribution in [0.15, 0.2) is 48.6 Å². The van der Waals surface area contributed by atoms with Gasteiger partial charge < -0.3 is 11.5 Å². The van der Waals surface area contributed by atoms with Crippen LogP contribution in [0.3, 0.4) is 0 Å². The van der Waals surface area contributed by atoms with Crippen molar-refractivity contribution >= 4 is 0 Å². The molecule has 1 aliphatic carbocycles. The Labute approximate surface area is 96.6 Å². The van der Waals surface area contributed by atoms with E-state index in [1.807, 2.05) is 24.3 Å². The van der Waals surface area contributed by atoms with E-state index in [-0.39, 0.29) is 6.04 Å². The summed E-state index contributed by atoms with van der Waals surface area (Å²) >= 11 is 0. The molecule has 0 aromatic heterocycles. The molecule has 1 aliphatic rings. The molecule has 0 radical (unpaired) electrons. The van der Waals surface area contributed by atoms with Crippen molar-refractivity contribution in [1.82, 2.24) is 0 Å². The molecule has 2 unspecified atom stereocenters. The minimum Gasteiger partial charge on any atom is -0.323 e. The average molecular weight is 214 g/mol. The predicted octanol–water partition coefficient (Wildman–Crippen LogP) is 1.69. The van der Waals surface area contributed by atoms with Crippen molar-refractivity contribution in [2.75, 3.05) is 0 Å². The maximum Gasteiger partial charge on any atom is 0.0573 e. The molecule has 16 heavy (non-hydrogen) atoms. The minimum absolute atomic E-state index is 0.112. The molecule has 2 heteroatoms. The first kappa shape index (κ1) is 11.1. The number of nitrogens with two attached hydrogens (primary N) is 2. The first-order valence-corrected chi connectivity index (χ1v) is 5.56. The topological polar surface area (TPSA) is 52.0 Å². The summed E-state index contributed by atoms with van der Waals surface area (Å²) in [6.45, 7) is 2.08. The summed E-state index contributed by atoms with van der Waals surface area (Å²) in [7, 11) is 0. The number of benzene rings is 1. The van der Waals surface area contributed by atoms with E-state index >= 15 is 0 Å². The molecule has 84 valence electrons. The Kier molecular flexibility index (Phi) is 2.95. The van der Waals surface area contributed by atoms with Gasteiger partial charge in [0.15, 0.2) is 0 Å². The lowest BCUT2D eigenvalue weighted by Crippen LogP contribution is -2.55. The van der Waals surface area contributed by atoms with Gasteiger partial charge in [0, 0.05) is 6.04 Å². The predicted molar refractivity (Wildman–Crippen MR) is 68.1 cm³/mol. The Morgan fingerprint density at radius 2 is 1.88 bits per heavy atom. The summed E-state index contributed by atoms with van der Waals surface area (Å²) < 4.78 is 0. The smallest absolute Gasteiger partial charge is 0.0573 e. The third kappa shape index (κ3) is 2.23. The second kappa shape index (κ2) is 4.24. The molecule has 0 saturated carbocycles. The fourth-order valence-electron chi connectivity index (χ4n) is 1.95. The summed E-state index contributed by atoms with van der Waals surface area (Å²) in [4.78, 5) is 0. The largest absolute Gasteiger partial charge is 0.323 e. The van der Waals surface area contributed by atoms with Crippen LogP contribution in [-0.2, 0) is 6.42 Å². The number of hydrogen-bond donors (Lipinski definition) is 2. The van der Waals surface area contributed by atoms with E-state index in [2.05, 4.69) is 31.2 Å². The van der Waals surface area contributed by atoms with Crippen molar-refractivity contribution in [3.8, 4) is 0 Å². The van der Waals surface area contributed by atoms with Crippen molar-refractivity contribution in [3.63, 3.8) is 0 Å². The third-order valence-electron chi connectivity index (χ3n) is 3.09. The van der Waals surface area contributed by atoms with E-state index in [0.717, 1.165) is 6.42 Å². The standard InChI is InChI=1S/C14H18N2/c1-11-5-7-12(8-6-11)10-14(16)9-3-2-4-13(14)15/h2-9,13H,10,15-16H2,1H3. The molecule has 1 aromatic carbocycles. The van der Waals surface area contributed by atoms with E-state index in [1.165, 1.54) is 11.1 Å². The molecule has 2 rings (SSSR count). The molecule has 2 atom stereocenters. The highest BCUT2D eigenvalue weighted by Gasteiger charge is 2.29. The summed E-state index contributed by atoms with van der Waals surface area (Å²) in [6, 6.07) is 8.32. The van der Waals surface area contributed by atoms with Gasteiger partial charge in [0.2, 0.25) is 0 Å². The Bertz CT molecular complexity index is 417. The van der Waals surface area contributed by atoms with Gasteiger partial charge in [-0.05, 0) is 18.9 Å². The molecule has 0 heterocycles. The molecule has 0 spiro atoms. The Morgan fingerprint density at radius 3 is 2.50 bits per heavy atom. The van der Waals surface area contributed by atoms with Gasteiger partial charge in [-0.1, -0.05) is 54.1 Å². The molecule has 4 N–H and O–H groups in total. The van der Waals surface area contributed by atoms with Gasteiger partial charge in [0.05, 0.1) is 5.54 Å². The van der Waals surface area contributed by atoms with E-state index in [1.54, 1.807) is 0 Å². The molecule has 0 amide bonds. The molecule has 0 bridgehead atoms. The maximum atomic E-state index is 6.31. The highest BCUT2D eigenvalue weighted by Crippen LogP contribution is 2.19. The molecule has 2 nitrogen and oxygen atoms in total. The lowest BCUT2D eigenvalue weighted by molar-refractivity contribution is 0.466. The van der Waals surface area contributed by atoms with Crippen molar-refractivity contribution in [2.45, 2.75) is 24.9 Å². The number of aryl methyl sites for hydroxylation is 1. The summed E-state index contributed by atoms with van der Waals surface area (Å²) in [5, 5.41) is 0. The van der Waals surface area contributed by atoms with E-state index in [9.17, 15) is 0 Å². The molecule has 0 fully saturated rings. The maximum absolute atomic E-state index is 6.31. The fraction of sp³-hybridized carbons (Fsp3) is 0.286. The lowest BCUT2D eigenvalue weighted by atomic mass is 9.82. The van der Waals surface area contributed by atoms with Crippen molar-refractivity contribution in [1.29, 1.82) is 0 Å². The van der Waals surface area contributed by atoms with Gasteiger partial charge in [-0.25, -0.2) is 0 Å². The highest BCUT2D eigenvalue weighted by atomic mass is 14.8. The fourth-order valence-corrected chi connectivity index (χ4v) is 1.95.